The number of piperidine rings is 1. The first-order valence-corrected chi connectivity index (χ1v) is 19.2. The van der Waals surface area contributed by atoms with Crippen LogP contribution >= 0.6 is 0 Å². The molecule has 1 amide bonds. The van der Waals surface area contributed by atoms with E-state index in [1.54, 1.807) is 28.1 Å². The minimum Gasteiger partial charge on any atom is -0.456 e. The van der Waals surface area contributed by atoms with Gasteiger partial charge in [0.05, 0.1) is 24.4 Å². The van der Waals surface area contributed by atoms with Crippen molar-refractivity contribution < 1.29 is 48.3 Å². The van der Waals surface area contributed by atoms with Crippen molar-refractivity contribution in [3.8, 4) is 0 Å². The standard InChI is InChI=1S/C40H63NO10/c1-24-14-16-30(42)23-33(43)28(5)36(26(3)20-29-11-10-12-31(22-29)48-6)50-39(46)32-13-8-9-18-41(32)38(45)37(44)40(47)27(4)21-35(49-7)34(51-40)17-15-25(2)19-24/h14,20,25,27-29,31-36,43,47H,8-13,15-19,21-23H2,1-7H3/b24-14+,26-20+/t25-,27-,28-,29+,31+,32+,33+,34-,35+,36-,40-/m1/s1. The summed E-state index contributed by atoms with van der Waals surface area (Å²) in [7, 11) is 3.28. The largest absolute Gasteiger partial charge is 0.456 e. The van der Waals surface area contributed by atoms with E-state index in [1.807, 2.05) is 19.9 Å². The summed E-state index contributed by atoms with van der Waals surface area (Å²) in [5.41, 5.74) is 1.81. The minimum atomic E-state index is -2.37. The molecule has 4 rings (SSSR count). The molecule has 3 aliphatic heterocycles. The van der Waals surface area contributed by atoms with Crippen LogP contribution in [0.5, 0.6) is 0 Å². The average molecular weight is 718 g/mol. The zero-order valence-electron chi connectivity index (χ0n) is 31.9. The highest BCUT2D eigenvalue weighted by molar-refractivity contribution is 6.39. The SMILES string of the molecule is CO[C@H]1CCC[C@@H](/C=C(\C)[C@H]2OC(=O)[C@@H]3CCCCN3C(=O)C(=O)[C@]3(O)O[C@H](CC[C@@H](C)C/C(C)=C/CC(=O)C[C@H](O)[C@H]2C)[C@@H](OC)C[C@H]3C)C1. The minimum absolute atomic E-state index is 0.0895. The Balaban J connectivity index is 1.69. The van der Waals surface area contributed by atoms with Crippen molar-refractivity contribution in [2.45, 2.75) is 160 Å². The number of fused-ring (bicyclic) bond motifs is 3. The molecule has 4 aliphatic rings. The van der Waals surface area contributed by atoms with E-state index in [2.05, 4.69) is 13.0 Å². The number of aliphatic hydroxyl groups excluding tert-OH is 1. The maximum atomic E-state index is 14.1. The second-order valence-corrected chi connectivity index (χ2v) is 16.0. The van der Waals surface area contributed by atoms with Gasteiger partial charge in [-0.1, -0.05) is 44.9 Å². The van der Waals surface area contributed by atoms with Gasteiger partial charge in [-0.25, -0.2) is 4.79 Å². The quantitative estimate of drug-likeness (QED) is 0.225. The lowest BCUT2D eigenvalue weighted by Gasteiger charge is -2.45. The Morgan fingerprint density at radius 1 is 0.961 bits per heavy atom. The number of allylic oxidation sites excluding steroid dienone is 3. The van der Waals surface area contributed by atoms with Crippen LogP contribution < -0.4 is 0 Å². The van der Waals surface area contributed by atoms with Gasteiger partial charge in [-0.05, 0) is 95.5 Å². The highest BCUT2D eigenvalue weighted by atomic mass is 16.7. The van der Waals surface area contributed by atoms with Crippen LogP contribution in [0.15, 0.2) is 23.3 Å². The van der Waals surface area contributed by atoms with Gasteiger partial charge in [-0.2, -0.15) is 0 Å². The molecule has 0 aromatic heterocycles. The normalized spacial score (nSPS) is 40.1. The van der Waals surface area contributed by atoms with Crippen LogP contribution in [0, 0.1) is 23.7 Å². The van der Waals surface area contributed by atoms with Crippen molar-refractivity contribution >= 4 is 23.4 Å². The van der Waals surface area contributed by atoms with Crippen molar-refractivity contribution in [2.75, 3.05) is 20.8 Å². The summed E-state index contributed by atoms with van der Waals surface area (Å²) in [6.07, 6.45) is 8.82. The Hall–Kier alpha value is -2.44. The van der Waals surface area contributed by atoms with Crippen LogP contribution in [0.25, 0.3) is 0 Å². The fourth-order valence-electron chi connectivity index (χ4n) is 8.56. The molecule has 11 nitrogen and oxygen atoms in total. The molecule has 0 aromatic rings. The summed E-state index contributed by atoms with van der Waals surface area (Å²) in [4.78, 5) is 56.5. The Morgan fingerprint density at radius 2 is 1.71 bits per heavy atom. The van der Waals surface area contributed by atoms with Crippen LogP contribution in [0.1, 0.15) is 118 Å². The van der Waals surface area contributed by atoms with Crippen molar-refractivity contribution in [2.24, 2.45) is 23.7 Å². The first-order chi connectivity index (χ1) is 24.2. The molecule has 3 heterocycles. The number of aliphatic hydroxyl groups is 2. The predicted octanol–water partition coefficient (Wildman–Crippen LogP) is 5.24. The van der Waals surface area contributed by atoms with Crippen LogP contribution in [-0.2, 0) is 38.1 Å². The van der Waals surface area contributed by atoms with Crippen molar-refractivity contribution in [3.63, 3.8) is 0 Å². The molecule has 0 radical (unpaired) electrons. The number of carbonyl (C=O) groups is 4. The van der Waals surface area contributed by atoms with E-state index < -0.39 is 59.6 Å². The summed E-state index contributed by atoms with van der Waals surface area (Å²) in [6, 6.07) is -1.06. The second kappa shape index (κ2) is 18.5. The zero-order valence-corrected chi connectivity index (χ0v) is 31.9. The Kier molecular flexibility index (Phi) is 15.0. The number of hydrogen-bond donors (Lipinski definition) is 2. The third-order valence-corrected chi connectivity index (χ3v) is 11.9. The van der Waals surface area contributed by atoms with Gasteiger partial charge in [-0.3, -0.25) is 14.4 Å². The number of nitrogens with zero attached hydrogens (tertiary/aromatic N) is 1. The number of ketones is 2. The van der Waals surface area contributed by atoms with Gasteiger partial charge in [0.2, 0.25) is 5.79 Å². The highest BCUT2D eigenvalue weighted by Gasteiger charge is 2.55. The number of esters is 1. The molecule has 1 saturated carbocycles. The van der Waals surface area contributed by atoms with Crippen molar-refractivity contribution in [3.05, 3.63) is 23.3 Å². The summed E-state index contributed by atoms with van der Waals surface area (Å²) in [5.74, 6) is -6.19. The number of carbonyl (C=O) groups excluding carboxylic acids is 4. The molecule has 51 heavy (non-hydrogen) atoms. The van der Waals surface area contributed by atoms with E-state index in [9.17, 15) is 29.4 Å². The lowest BCUT2D eigenvalue weighted by atomic mass is 9.83. The number of amides is 1. The second-order valence-electron chi connectivity index (χ2n) is 16.0. The Bertz CT molecular complexity index is 1300. The van der Waals surface area contributed by atoms with Crippen LogP contribution in [0.2, 0.25) is 0 Å². The Labute approximate surface area is 304 Å². The average Bonchev–Trinajstić information content (AvgIpc) is 3.11. The lowest BCUT2D eigenvalue weighted by Crippen LogP contribution is -2.62. The molecule has 2 N–H and O–H groups in total. The summed E-state index contributed by atoms with van der Waals surface area (Å²) >= 11 is 0. The van der Waals surface area contributed by atoms with Gasteiger partial charge in [0, 0.05) is 45.4 Å². The van der Waals surface area contributed by atoms with Gasteiger partial charge in [-0.15, -0.1) is 0 Å². The first kappa shape index (κ1) is 41.3. The summed E-state index contributed by atoms with van der Waals surface area (Å²) < 4.78 is 23.7. The van der Waals surface area contributed by atoms with Crippen LogP contribution in [-0.4, -0.2) is 102 Å². The molecular formula is C40H63NO10. The molecule has 0 unspecified atom stereocenters. The van der Waals surface area contributed by atoms with Gasteiger partial charge in [0.15, 0.2) is 0 Å². The molecule has 11 heteroatoms. The molecule has 0 aromatic carbocycles. The van der Waals surface area contributed by atoms with E-state index in [-0.39, 0.29) is 55.6 Å². The third-order valence-electron chi connectivity index (χ3n) is 11.9. The van der Waals surface area contributed by atoms with Crippen molar-refractivity contribution in [1.82, 2.24) is 4.90 Å². The number of methoxy groups -OCH3 is 2. The lowest BCUT2D eigenvalue weighted by molar-refractivity contribution is -0.287. The Morgan fingerprint density at radius 3 is 2.41 bits per heavy atom. The smallest absolute Gasteiger partial charge is 0.329 e. The van der Waals surface area contributed by atoms with Crippen LogP contribution in [0.4, 0.5) is 0 Å². The van der Waals surface area contributed by atoms with E-state index in [4.69, 9.17) is 18.9 Å². The van der Waals surface area contributed by atoms with Gasteiger partial charge in [0.1, 0.15) is 17.9 Å². The van der Waals surface area contributed by atoms with Crippen molar-refractivity contribution in [1.29, 1.82) is 0 Å². The number of hydrogen-bond acceptors (Lipinski definition) is 10. The van der Waals surface area contributed by atoms with E-state index in [0.29, 0.717) is 32.1 Å². The van der Waals surface area contributed by atoms with Gasteiger partial charge >= 0.3 is 5.97 Å². The molecule has 2 saturated heterocycles. The number of rotatable bonds is 4. The molecule has 2 bridgehead atoms. The first-order valence-electron chi connectivity index (χ1n) is 19.2. The topological polar surface area (TPSA) is 149 Å². The van der Waals surface area contributed by atoms with E-state index in [1.165, 1.54) is 4.90 Å². The fraction of sp³-hybridized carbons (Fsp3) is 0.800. The zero-order chi connectivity index (χ0) is 37.5. The summed E-state index contributed by atoms with van der Waals surface area (Å²) in [6.45, 7) is 9.55. The van der Waals surface area contributed by atoms with Crippen LogP contribution in [0.3, 0.4) is 0 Å². The highest BCUT2D eigenvalue weighted by Crippen LogP contribution is 2.38. The molecule has 3 fully saturated rings. The van der Waals surface area contributed by atoms with E-state index >= 15 is 0 Å². The predicted molar refractivity (Wildman–Crippen MR) is 191 cm³/mol. The number of Topliss-reactive ketones (excluding diaryl/α,β-unsaturated/α-hetero) is 2. The fourth-order valence-corrected chi connectivity index (χ4v) is 8.56. The van der Waals surface area contributed by atoms with Gasteiger partial charge < -0.3 is 34.1 Å². The molecule has 0 spiro atoms. The maximum Gasteiger partial charge on any atom is 0.329 e. The number of ether oxygens (including phenoxy) is 4. The van der Waals surface area contributed by atoms with E-state index in [0.717, 1.165) is 43.3 Å². The molecular weight excluding hydrogens is 654 g/mol. The monoisotopic (exact) mass is 717 g/mol. The van der Waals surface area contributed by atoms with Gasteiger partial charge in [0.25, 0.3) is 11.7 Å². The molecule has 1 aliphatic carbocycles. The molecule has 11 atom stereocenters. The molecule has 288 valence electrons. The summed E-state index contributed by atoms with van der Waals surface area (Å²) in [5, 5.41) is 23.2. The third kappa shape index (κ3) is 10.4. The number of cyclic esters (lactones) is 1. The maximum absolute atomic E-state index is 14.1.